The van der Waals surface area contributed by atoms with Crippen molar-refractivity contribution >= 4 is 40.9 Å². The standard InChI is InChI=1S/C21H18ClN3O6/c1-11(26)12-7-16-17(31-10-30-16)8-15(12)23-18(27)9-25-19(28)21(2,24-20(25)29)13-5-3-4-6-14(13)22/h3-8H,9-10H2,1-2H3,(H,23,27)(H,24,29)/t21-/m0/s1. The number of hydrogen-bond donors (Lipinski definition) is 2. The normalized spacial score (nSPS) is 19.4. The summed E-state index contributed by atoms with van der Waals surface area (Å²) in [6.07, 6.45) is 0. The van der Waals surface area contributed by atoms with Gasteiger partial charge in [-0.1, -0.05) is 29.8 Å². The van der Waals surface area contributed by atoms with Crippen molar-refractivity contribution < 1.29 is 28.7 Å². The van der Waals surface area contributed by atoms with Crippen molar-refractivity contribution in [1.82, 2.24) is 10.2 Å². The first-order valence-electron chi connectivity index (χ1n) is 9.34. The zero-order valence-electron chi connectivity index (χ0n) is 16.7. The van der Waals surface area contributed by atoms with E-state index in [1.807, 2.05) is 0 Å². The molecule has 0 aliphatic carbocycles. The van der Waals surface area contributed by atoms with Gasteiger partial charge in [0.05, 0.1) is 5.69 Å². The van der Waals surface area contributed by atoms with Crippen LogP contribution in [0.2, 0.25) is 5.02 Å². The minimum absolute atomic E-state index is 0.00710. The number of nitrogens with zero attached hydrogens (tertiary/aromatic N) is 1. The second-order valence-corrected chi connectivity index (χ2v) is 7.69. The number of amides is 4. The van der Waals surface area contributed by atoms with Crippen LogP contribution in [-0.2, 0) is 15.1 Å². The number of anilines is 1. The van der Waals surface area contributed by atoms with Gasteiger partial charge in [-0.2, -0.15) is 0 Å². The third-order valence-corrected chi connectivity index (χ3v) is 5.48. The topological polar surface area (TPSA) is 114 Å². The first-order chi connectivity index (χ1) is 14.7. The van der Waals surface area contributed by atoms with Crippen LogP contribution in [0.1, 0.15) is 29.8 Å². The average molecular weight is 444 g/mol. The highest BCUT2D eigenvalue weighted by Gasteiger charge is 2.50. The molecule has 2 aromatic carbocycles. The van der Waals surface area contributed by atoms with E-state index in [1.54, 1.807) is 24.3 Å². The molecular formula is C21H18ClN3O6. The number of urea groups is 1. The van der Waals surface area contributed by atoms with Crippen LogP contribution in [0.15, 0.2) is 36.4 Å². The summed E-state index contributed by atoms with van der Waals surface area (Å²) in [4.78, 5) is 50.9. The molecule has 0 aromatic heterocycles. The molecule has 0 radical (unpaired) electrons. The van der Waals surface area contributed by atoms with E-state index >= 15 is 0 Å². The average Bonchev–Trinajstić information content (AvgIpc) is 3.25. The Bertz CT molecular complexity index is 1130. The van der Waals surface area contributed by atoms with Crippen LogP contribution in [0.5, 0.6) is 11.5 Å². The molecule has 2 aromatic rings. The number of carbonyl (C=O) groups is 4. The lowest BCUT2D eigenvalue weighted by Crippen LogP contribution is -2.42. The van der Waals surface area contributed by atoms with Crippen LogP contribution in [0.4, 0.5) is 10.5 Å². The van der Waals surface area contributed by atoms with Crippen molar-refractivity contribution in [3.8, 4) is 11.5 Å². The van der Waals surface area contributed by atoms with Gasteiger partial charge in [-0.3, -0.25) is 19.3 Å². The van der Waals surface area contributed by atoms with Crippen molar-refractivity contribution in [3.63, 3.8) is 0 Å². The summed E-state index contributed by atoms with van der Waals surface area (Å²) in [5.41, 5.74) is -0.565. The van der Waals surface area contributed by atoms with E-state index in [4.69, 9.17) is 21.1 Å². The summed E-state index contributed by atoms with van der Waals surface area (Å²) in [6, 6.07) is 8.87. The van der Waals surface area contributed by atoms with Gasteiger partial charge in [-0.25, -0.2) is 4.79 Å². The maximum absolute atomic E-state index is 13.0. The number of hydrogen-bond acceptors (Lipinski definition) is 6. The Morgan fingerprint density at radius 2 is 1.87 bits per heavy atom. The smallest absolute Gasteiger partial charge is 0.325 e. The molecule has 0 bridgehead atoms. The summed E-state index contributed by atoms with van der Waals surface area (Å²) in [7, 11) is 0. The Kier molecular flexibility index (Phi) is 5.06. The maximum atomic E-state index is 13.0. The molecule has 0 spiro atoms. The summed E-state index contributed by atoms with van der Waals surface area (Å²) in [5.74, 6) is -0.796. The fourth-order valence-corrected chi connectivity index (χ4v) is 3.88. The molecule has 1 fully saturated rings. The van der Waals surface area contributed by atoms with E-state index in [0.29, 0.717) is 22.1 Å². The number of benzene rings is 2. The molecule has 4 rings (SSSR count). The quantitative estimate of drug-likeness (QED) is 0.542. The van der Waals surface area contributed by atoms with Crippen LogP contribution < -0.4 is 20.1 Å². The molecule has 1 saturated heterocycles. The SMILES string of the molecule is CC(=O)c1cc2c(cc1NC(=O)CN1C(=O)N[C@@](C)(c3ccccc3Cl)C1=O)OCO2. The van der Waals surface area contributed by atoms with Gasteiger partial charge in [0.1, 0.15) is 12.1 Å². The molecule has 2 aliphatic heterocycles. The van der Waals surface area contributed by atoms with Crippen LogP contribution in [-0.4, -0.2) is 41.9 Å². The van der Waals surface area contributed by atoms with Gasteiger partial charge in [-0.15, -0.1) is 0 Å². The molecule has 10 heteroatoms. The van der Waals surface area contributed by atoms with E-state index in [9.17, 15) is 19.2 Å². The first-order valence-corrected chi connectivity index (χ1v) is 9.72. The molecule has 2 N–H and O–H groups in total. The van der Waals surface area contributed by atoms with Crippen LogP contribution in [0.3, 0.4) is 0 Å². The number of imide groups is 1. The minimum Gasteiger partial charge on any atom is -0.454 e. The van der Waals surface area contributed by atoms with Crippen LogP contribution >= 0.6 is 11.6 Å². The molecule has 0 saturated carbocycles. The van der Waals surface area contributed by atoms with E-state index in [0.717, 1.165) is 4.90 Å². The largest absolute Gasteiger partial charge is 0.454 e. The third-order valence-electron chi connectivity index (χ3n) is 5.16. The summed E-state index contributed by atoms with van der Waals surface area (Å²) >= 11 is 6.21. The fourth-order valence-electron chi connectivity index (χ4n) is 3.56. The number of fused-ring (bicyclic) bond motifs is 1. The Morgan fingerprint density at radius 3 is 2.55 bits per heavy atom. The lowest BCUT2D eigenvalue weighted by atomic mass is 9.92. The first kappa shape index (κ1) is 20.7. The Hall–Kier alpha value is -3.59. The molecule has 4 amide bonds. The summed E-state index contributed by atoms with van der Waals surface area (Å²) < 4.78 is 10.5. The van der Waals surface area contributed by atoms with Crippen molar-refractivity contribution in [1.29, 1.82) is 0 Å². The van der Waals surface area contributed by atoms with Crippen LogP contribution in [0, 0.1) is 0 Å². The number of Topliss-reactive ketones (excluding diaryl/α,β-unsaturated/α-hetero) is 1. The number of ketones is 1. The van der Waals surface area contributed by atoms with Crippen molar-refractivity contribution in [2.24, 2.45) is 0 Å². The molecule has 2 aliphatic rings. The Morgan fingerprint density at radius 1 is 1.19 bits per heavy atom. The van der Waals surface area contributed by atoms with Crippen molar-refractivity contribution in [2.45, 2.75) is 19.4 Å². The number of ether oxygens (including phenoxy) is 2. The molecule has 9 nitrogen and oxygen atoms in total. The van der Waals surface area contributed by atoms with E-state index in [2.05, 4.69) is 10.6 Å². The van der Waals surface area contributed by atoms with Gasteiger partial charge in [0.25, 0.3) is 5.91 Å². The second-order valence-electron chi connectivity index (χ2n) is 7.28. The predicted octanol–water partition coefficient (Wildman–Crippen LogP) is 2.68. The fraction of sp³-hybridized carbons (Fsp3) is 0.238. The van der Waals surface area contributed by atoms with Gasteiger partial charge >= 0.3 is 6.03 Å². The van der Waals surface area contributed by atoms with Gasteiger partial charge in [0, 0.05) is 22.2 Å². The second kappa shape index (κ2) is 7.59. The number of carbonyl (C=O) groups excluding carboxylic acids is 4. The molecular weight excluding hydrogens is 426 g/mol. The van der Waals surface area contributed by atoms with Gasteiger partial charge in [-0.05, 0) is 26.0 Å². The lowest BCUT2D eigenvalue weighted by molar-refractivity contribution is -0.133. The molecule has 2 heterocycles. The third kappa shape index (κ3) is 3.57. The maximum Gasteiger partial charge on any atom is 0.325 e. The zero-order valence-corrected chi connectivity index (χ0v) is 17.4. The Balaban J connectivity index is 1.55. The number of nitrogens with one attached hydrogen (secondary N) is 2. The van der Waals surface area contributed by atoms with E-state index in [-0.39, 0.29) is 23.8 Å². The van der Waals surface area contributed by atoms with E-state index < -0.39 is 29.9 Å². The molecule has 160 valence electrons. The number of halogens is 1. The summed E-state index contributed by atoms with van der Waals surface area (Å²) in [6.45, 7) is 2.33. The molecule has 1 atom stereocenters. The minimum atomic E-state index is -1.40. The van der Waals surface area contributed by atoms with Gasteiger partial charge in [0.2, 0.25) is 12.7 Å². The monoisotopic (exact) mass is 443 g/mol. The Labute approximate surface area is 182 Å². The van der Waals surface area contributed by atoms with Crippen molar-refractivity contribution in [2.75, 3.05) is 18.7 Å². The molecule has 0 unspecified atom stereocenters. The van der Waals surface area contributed by atoms with Gasteiger partial charge < -0.3 is 20.1 Å². The highest BCUT2D eigenvalue weighted by Crippen LogP contribution is 2.37. The van der Waals surface area contributed by atoms with Crippen molar-refractivity contribution in [3.05, 3.63) is 52.5 Å². The number of rotatable bonds is 5. The highest BCUT2D eigenvalue weighted by atomic mass is 35.5. The highest BCUT2D eigenvalue weighted by molar-refractivity contribution is 6.32. The zero-order chi connectivity index (χ0) is 22.3. The molecule has 31 heavy (non-hydrogen) atoms. The lowest BCUT2D eigenvalue weighted by Gasteiger charge is -2.23. The van der Waals surface area contributed by atoms with Gasteiger partial charge in [0.15, 0.2) is 17.3 Å². The van der Waals surface area contributed by atoms with E-state index in [1.165, 1.54) is 26.0 Å². The van der Waals surface area contributed by atoms with Crippen LogP contribution in [0.25, 0.3) is 0 Å². The predicted molar refractivity (Wildman–Crippen MR) is 110 cm³/mol. The summed E-state index contributed by atoms with van der Waals surface area (Å²) in [5, 5.41) is 5.49.